The molecule has 0 aliphatic heterocycles. The van der Waals surface area contributed by atoms with Crippen LogP contribution in [0.1, 0.15) is 11.1 Å². The smallest absolute Gasteiger partial charge is 0.261 e. The lowest BCUT2D eigenvalue weighted by atomic mass is 10.2. The van der Waals surface area contributed by atoms with E-state index in [2.05, 4.69) is 15.8 Å². The molecule has 0 unspecified atom stereocenters. The zero-order valence-corrected chi connectivity index (χ0v) is 17.9. The van der Waals surface area contributed by atoms with Crippen molar-refractivity contribution in [3.05, 3.63) is 76.6 Å². The molecule has 0 spiro atoms. The Balaban J connectivity index is 1.65. The molecule has 4 aromatic rings. The van der Waals surface area contributed by atoms with Crippen molar-refractivity contribution in [2.75, 3.05) is 4.72 Å². The molecule has 3 aromatic carbocycles. The van der Waals surface area contributed by atoms with E-state index in [0.717, 1.165) is 32.4 Å². The minimum Gasteiger partial charge on any atom is -0.280 e. The summed E-state index contributed by atoms with van der Waals surface area (Å²) < 4.78 is 42.3. The predicted molar refractivity (Wildman–Crippen MR) is 117 cm³/mol. The molecule has 0 amide bonds. The molecule has 29 heavy (non-hydrogen) atoms. The Kier molecular flexibility index (Phi) is 5.06. The molecule has 0 saturated carbocycles. The van der Waals surface area contributed by atoms with E-state index in [1.165, 1.54) is 29.5 Å². The molecule has 1 aromatic heterocycles. The van der Waals surface area contributed by atoms with Gasteiger partial charge >= 0.3 is 0 Å². The maximum absolute atomic E-state index is 13.7. The van der Waals surface area contributed by atoms with E-state index in [9.17, 15) is 12.8 Å². The van der Waals surface area contributed by atoms with E-state index >= 15 is 0 Å². The highest BCUT2D eigenvalue weighted by Gasteiger charge is 2.17. The van der Waals surface area contributed by atoms with Gasteiger partial charge in [-0.25, -0.2) is 17.8 Å². The molecule has 0 bridgehead atoms. The summed E-state index contributed by atoms with van der Waals surface area (Å²) in [6, 6.07) is 14.7. The van der Waals surface area contributed by atoms with E-state index in [1.807, 2.05) is 19.1 Å². The van der Waals surface area contributed by atoms with Gasteiger partial charge in [-0.2, -0.15) is 0 Å². The van der Waals surface area contributed by atoms with E-state index in [0.29, 0.717) is 10.6 Å². The first-order valence-electron chi connectivity index (χ1n) is 8.69. The largest absolute Gasteiger partial charge is 0.280 e. The van der Waals surface area contributed by atoms with Gasteiger partial charge in [0, 0.05) is 5.56 Å². The maximum Gasteiger partial charge on any atom is 0.261 e. The van der Waals surface area contributed by atoms with Crippen LogP contribution in [0.15, 0.2) is 59.5 Å². The molecule has 0 aliphatic carbocycles. The van der Waals surface area contributed by atoms with Gasteiger partial charge in [-0.15, -0.1) is 11.3 Å². The number of aryl methyl sites for hydroxylation is 2. The molecular formula is C21H16ClFN2O2S2. The second kappa shape index (κ2) is 7.40. The number of halogens is 2. The second-order valence-corrected chi connectivity index (χ2v) is 9.82. The number of thiazole rings is 1. The molecule has 8 heteroatoms. The molecule has 4 nitrogen and oxygen atoms in total. The molecule has 4 rings (SSSR count). The van der Waals surface area contributed by atoms with Crippen LogP contribution in [0.3, 0.4) is 0 Å². The topological polar surface area (TPSA) is 59.1 Å². The summed E-state index contributed by atoms with van der Waals surface area (Å²) in [4.78, 5) is 4.46. The summed E-state index contributed by atoms with van der Waals surface area (Å²) in [6.45, 7) is 3.59. The van der Waals surface area contributed by atoms with Crippen LogP contribution in [0.2, 0.25) is 5.02 Å². The Bertz CT molecular complexity index is 1350. The van der Waals surface area contributed by atoms with Crippen LogP contribution >= 0.6 is 22.9 Å². The number of benzene rings is 3. The van der Waals surface area contributed by atoms with Crippen LogP contribution in [0.25, 0.3) is 20.8 Å². The Hall–Kier alpha value is -2.48. The average molecular weight is 447 g/mol. The number of sulfonamides is 1. The van der Waals surface area contributed by atoms with Crippen molar-refractivity contribution in [2.24, 2.45) is 0 Å². The van der Waals surface area contributed by atoms with Crippen molar-refractivity contribution in [3.8, 4) is 10.6 Å². The highest BCUT2D eigenvalue weighted by atomic mass is 35.5. The highest BCUT2D eigenvalue weighted by molar-refractivity contribution is 7.92. The Morgan fingerprint density at radius 2 is 1.83 bits per heavy atom. The third kappa shape index (κ3) is 3.99. The first-order valence-corrected chi connectivity index (χ1v) is 11.4. The zero-order valence-electron chi connectivity index (χ0n) is 15.5. The molecule has 0 atom stereocenters. The third-order valence-electron chi connectivity index (χ3n) is 4.45. The van der Waals surface area contributed by atoms with Gasteiger partial charge in [0.1, 0.15) is 10.8 Å². The van der Waals surface area contributed by atoms with Gasteiger partial charge in [-0.05, 0) is 67.4 Å². The molecule has 1 heterocycles. The Labute approximate surface area is 177 Å². The lowest BCUT2D eigenvalue weighted by molar-refractivity contribution is 0.593. The van der Waals surface area contributed by atoms with E-state index in [-0.39, 0.29) is 10.6 Å². The summed E-state index contributed by atoms with van der Waals surface area (Å²) in [7, 11) is -3.93. The number of rotatable bonds is 4. The fraction of sp³-hybridized carbons (Fsp3) is 0.0952. The second-order valence-electron chi connectivity index (χ2n) is 6.70. The van der Waals surface area contributed by atoms with Crippen LogP contribution in [-0.2, 0) is 10.0 Å². The standard InChI is InChI=1S/C21H16ClFN2O2S2/c1-12-3-8-19-20(9-12)28-21(24-19)16-7-5-14(10-17(16)22)25-29(26,27)15-6-4-13(2)18(23)11-15/h3-11,25H,1-2H3. The van der Waals surface area contributed by atoms with Crippen LogP contribution in [0.4, 0.5) is 10.1 Å². The molecule has 148 valence electrons. The monoisotopic (exact) mass is 446 g/mol. The minimum absolute atomic E-state index is 0.151. The Morgan fingerprint density at radius 1 is 1.03 bits per heavy atom. The van der Waals surface area contributed by atoms with Gasteiger partial charge in [-0.1, -0.05) is 23.7 Å². The van der Waals surface area contributed by atoms with E-state index < -0.39 is 15.8 Å². The quantitative estimate of drug-likeness (QED) is 0.407. The number of fused-ring (bicyclic) bond motifs is 1. The minimum atomic E-state index is -3.93. The number of hydrogen-bond acceptors (Lipinski definition) is 4. The third-order valence-corrected chi connectivity index (χ3v) is 7.19. The van der Waals surface area contributed by atoms with Crippen LogP contribution in [-0.4, -0.2) is 13.4 Å². The van der Waals surface area contributed by atoms with Crippen molar-refractivity contribution < 1.29 is 12.8 Å². The van der Waals surface area contributed by atoms with Gasteiger partial charge in [0.15, 0.2) is 0 Å². The molecular weight excluding hydrogens is 431 g/mol. The zero-order chi connectivity index (χ0) is 20.8. The molecule has 0 saturated heterocycles. The first kappa shape index (κ1) is 19.8. The fourth-order valence-electron chi connectivity index (χ4n) is 2.85. The average Bonchev–Trinajstić information content (AvgIpc) is 3.06. The van der Waals surface area contributed by atoms with Gasteiger partial charge in [0.2, 0.25) is 0 Å². The van der Waals surface area contributed by atoms with Gasteiger partial charge in [-0.3, -0.25) is 4.72 Å². The first-order chi connectivity index (χ1) is 13.7. The van der Waals surface area contributed by atoms with Crippen LogP contribution in [0, 0.1) is 19.7 Å². The summed E-state index contributed by atoms with van der Waals surface area (Å²) in [5, 5.41) is 1.13. The van der Waals surface area contributed by atoms with Crippen molar-refractivity contribution in [3.63, 3.8) is 0 Å². The van der Waals surface area contributed by atoms with Crippen LogP contribution < -0.4 is 4.72 Å². The summed E-state index contributed by atoms with van der Waals surface area (Å²) in [5.74, 6) is -0.577. The summed E-state index contributed by atoms with van der Waals surface area (Å²) >= 11 is 7.94. The van der Waals surface area contributed by atoms with Crippen molar-refractivity contribution in [2.45, 2.75) is 18.7 Å². The maximum atomic E-state index is 13.7. The van der Waals surface area contributed by atoms with E-state index in [1.54, 1.807) is 19.1 Å². The van der Waals surface area contributed by atoms with Crippen molar-refractivity contribution in [1.82, 2.24) is 4.98 Å². The lowest BCUT2D eigenvalue weighted by Gasteiger charge is -2.10. The lowest BCUT2D eigenvalue weighted by Crippen LogP contribution is -2.13. The Morgan fingerprint density at radius 3 is 2.55 bits per heavy atom. The summed E-state index contributed by atoms with van der Waals surface area (Å²) in [6.07, 6.45) is 0. The van der Waals surface area contributed by atoms with Gasteiger partial charge in [0.25, 0.3) is 10.0 Å². The van der Waals surface area contributed by atoms with Gasteiger partial charge < -0.3 is 0 Å². The summed E-state index contributed by atoms with van der Waals surface area (Å²) in [5.41, 5.74) is 3.42. The van der Waals surface area contributed by atoms with Crippen LogP contribution in [0.5, 0.6) is 0 Å². The normalized spacial score (nSPS) is 11.7. The number of anilines is 1. The highest BCUT2D eigenvalue weighted by Crippen LogP contribution is 2.36. The SMILES string of the molecule is Cc1ccc2nc(-c3ccc(NS(=O)(=O)c4ccc(C)c(F)c4)cc3Cl)sc2c1. The molecule has 0 radical (unpaired) electrons. The van der Waals surface area contributed by atoms with E-state index in [4.69, 9.17) is 11.6 Å². The fourth-order valence-corrected chi connectivity index (χ4v) is 5.34. The molecule has 0 aliphatic rings. The predicted octanol–water partition coefficient (Wildman–Crippen LogP) is 6.17. The molecule has 1 N–H and O–H groups in total. The number of aromatic nitrogens is 1. The number of nitrogens with zero attached hydrogens (tertiary/aromatic N) is 1. The van der Waals surface area contributed by atoms with Gasteiger partial charge in [0.05, 0.1) is 25.8 Å². The number of nitrogens with one attached hydrogen (secondary N) is 1. The van der Waals surface area contributed by atoms with Crippen molar-refractivity contribution >= 4 is 48.9 Å². The molecule has 0 fully saturated rings. The van der Waals surface area contributed by atoms with Crippen molar-refractivity contribution in [1.29, 1.82) is 0 Å². The number of hydrogen-bond donors (Lipinski definition) is 1.